The molecule has 2 bridgehead atoms. The largest absolute Gasteiger partial charge is 0.443 e. The molecule has 6 N–H and O–H groups in total. The summed E-state index contributed by atoms with van der Waals surface area (Å²) in [7, 11) is -4.19. The van der Waals surface area contributed by atoms with Gasteiger partial charge in [-0.05, 0) is 185 Å². The maximum atomic E-state index is 14.2. The third kappa shape index (κ3) is 21.2. The van der Waals surface area contributed by atoms with Crippen molar-refractivity contribution in [2.75, 3.05) is 108 Å². The molecule has 586 valence electrons. The van der Waals surface area contributed by atoms with Gasteiger partial charge in [0.05, 0.1) is 42.6 Å². The van der Waals surface area contributed by atoms with Gasteiger partial charge in [0, 0.05) is 130 Å². The van der Waals surface area contributed by atoms with Crippen molar-refractivity contribution < 1.29 is 56.2 Å². The minimum absolute atomic E-state index is 0.000553. The van der Waals surface area contributed by atoms with E-state index in [1.165, 1.54) is 56.2 Å². The van der Waals surface area contributed by atoms with E-state index in [0.29, 0.717) is 54.7 Å². The molecule has 3 aliphatic heterocycles. The van der Waals surface area contributed by atoms with E-state index in [1.807, 2.05) is 80.9 Å². The first-order chi connectivity index (χ1) is 51.6. The quantitative estimate of drug-likeness (QED) is 0.0124. The molecule has 5 atom stereocenters. The van der Waals surface area contributed by atoms with Gasteiger partial charge in [-0.1, -0.05) is 102 Å². The van der Waals surface area contributed by atoms with Crippen LogP contribution in [0.4, 0.5) is 11.4 Å². The summed E-state index contributed by atoms with van der Waals surface area (Å²) >= 11 is 1.76. The molecular formula is C84H116N10O12S2. The van der Waals surface area contributed by atoms with Crippen LogP contribution in [0, 0.1) is 41.4 Å². The summed E-state index contributed by atoms with van der Waals surface area (Å²) in [6, 6.07) is 27.7. The highest BCUT2D eigenvalue weighted by Gasteiger charge is 2.68. The van der Waals surface area contributed by atoms with Crippen LogP contribution in [-0.2, 0) is 43.5 Å². The van der Waals surface area contributed by atoms with Crippen molar-refractivity contribution in [3.8, 4) is 11.3 Å². The van der Waals surface area contributed by atoms with Crippen LogP contribution in [-0.4, -0.2) is 190 Å². The third-order valence-corrected chi connectivity index (χ3v) is 25.9. The van der Waals surface area contributed by atoms with E-state index < -0.39 is 63.3 Å². The molecule has 0 radical (unpaired) electrons. The predicted molar refractivity (Wildman–Crippen MR) is 422 cm³/mol. The lowest BCUT2D eigenvalue weighted by Gasteiger charge is -2.73. The van der Waals surface area contributed by atoms with E-state index >= 15 is 0 Å². The number of carbonyl (C=O) groups excluding carboxylic acids is 6. The number of nitrogens with zero attached hydrogens (tertiary/aromatic N) is 5. The number of anilines is 2. The number of aliphatic hydroxyl groups is 1. The molecule has 0 spiro atoms. The maximum absolute atomic E-state index is 14.2. The summed E-state index contributed by atoms with van der Waals surface area (Å²) in [5.74, 6) is -0.756. The zero-order valence-corrected chi connectivity index (χ0v) is 66.6. The minimum Gasteiger partial charge on any atom is -0.443 e. The van der Waals surface area contributed by atoms with Crippen LogP contribution in [0.2, 0.25) is 0 Å². The summed E-state index contributed by atoms with van der Waals surface area (Å²) in [6.07, 6.45) is 12.9. The number of allylic oxidation sites excluding steroid dienone is 1. The van der Waals surface area contributed by atoms with Crippen molar-refractivity contribution in [1.29, 1.82) is 0 Å². The molecule has 6 fully saturated rings. The first-order valence-electron chi connectivity index (χ1n) is 39.2. The Labute approximate surface area is 643 Å². The molecular weight excluding hydrogens is 1410 g/mol. The lowest BCUT2D eigenvalue weighted by molar-refractivity contribution is -0.182. The van der Waals surface area contributed by atoms with E-state index in [1.54, 1.807) is 68.4 Å². The molecule has 3 saturated heterocycles. The second kappa shape index (κ2) is 36.1. The number of ketones is 1. The number of oxazole rings is 1. The number of thioether (sulfide) groups is 1. The molecule has 0 unspecified atom stereocenters. The number of piperazine rings is 1. The molecule has 3 saturated carbocycles. The van der Waals surface area contributed by atoms with Crippen molar-refractivity contribution >= 4 is 68.5 Å². The monoisotopic (exact) mass is 1520 g/mol. The molecule has 4 aromatic carbocycles. The fraction of sp³-hybridized carbons (Fsp3) is 0.583. The van der Waals surface area contributed by atoms with Crippen LogP contribution in [0.5, 0.6) is 0 Å². The first kappa shape index (κ1) is 81.5. The highest BCUT2D eigenvalue weighted by atomic mass is 32.2. The number of carbonyl (C=O) groups is 6. The van der Waals surface area contributed by atoms with Crippen LogP contribution >= 0.6 is 11.8 Å². The number of hydrogen-bond donors (Lipinski definition) is 6. The number of aromatic nitrogens is 1. The lowest BCUT2D eigenvalue weighted by atomic mass is 9.31. The third-order valence-electron chi connectivity index (χ3n) is 23.4. The Morgan fingerprint density at radius 3 is 2.17 bits per heavy atom. The summed E-state index contributed by atoms with van der Waals surface area (Å²) in [4.78, 5) is 94.9. The number of aliphatic hydroxyl groups excluding tert-OH is 1. The predicted octanol–water partition coefficient (Wildman–Crippen LogP) is 11.6. The number of benzene rings is 4. The SMILES string of the molecule is CCC12CC(C3=C(CN4CCN(c5ccc(C(=O)NS(=O)(=O)c6ccc(N[C@H](CCN7CCC(C(=O)CCCOCCOCCNC(=O)CCC(=O)N[C@H](C(=O)N8C[C@H](O)C[C@H]8C(=O)N[C@@H](C)c8ccc(-c9ocnc9C)cc8)C(C)(C)C)CC7)CSc7ccccc7)c(C)c6)cc5)CC4)CCC(C)(C)C3)(C1)C2. The molecule has 22 nitrogen and oxygen atoms in total. The summed E-state index contributed by atoms with van der Waals surface area (Å²) in [5.41, 5.74) is 9.59. The number of rotatable bonds is 36. The van der Waals surface area contributed by atoms with E-state index in [0.717, 1.165) is 116 Å². The van der Waals surface area contributed by atoms with Gasteiger partial charge in [0.2, 0.25) is 23.6 Å². The Bertz CT molecular complexity index is 4050. The smallest absolute Gasteiger partial charge is 0.264 e. The highest BCUT2D eigenvalue weighted by Crippen LogP contribution is 2.79. The number of likely N-dealkylation sites (tertiary alicyclic amines) is 2. The lowest BCUT2D eigenvalue weighted by Crippen LogP contribution is -2.63. The van der Waals surface area contributed by atoms with Gasteiger partial charge in [-0.25, -0.2) is 18.1 Å². The van der Waals surface area contributed by atoms with Crippen molar-refractivity contribution in [1.82, 2.24) is 40.4 Å². The molecule has 1 aromatic heterocycles. The first-order valence-corrected chi connectivity index (χ1v) is 41.7. The van der Waals surface area contributed by atoms with Crippen molar-refractivity contribution in [3.63, 3.8) is 0 Å². The number of ether oxygens (including phenoxy) is 2. The Hall–Kier alpha value is -7.45. The van der Waals surface area contributed by atoms with Crippen LogP contribution in [0.25, 0.3) is 11.3 Å². The Morgan fingerprint density at radius 2 is 1.50 bits per heavy atom. The number of nitrogens with one attached hydrogen (secondary N) is 5. The molecule has 108 heavy (non-hydrogen) atoms. The van der Waals surface area contributed by atoms with Gasteiger partial charge in [0.1, 0.15) is 17.9 Å². The maximum Gasteiger partial charge on any atom is 0.264 e. The zero-order valence-electron chi connectivity index (χ0n) is 65.0. The van der Waals surface area contributed by atoms with Gasteiger partial charge in [0.15, 0.2) is 12.2 Å². The Kier molecular flexibility index (Phi) is 27.3. The highest BCUT2D eigenvalue weighted by molar-refractivity contribution is 7.99. The molecule has 7 aliphatic rings. The standard InChI is InChI=1S/C84H116N10O12S2/c1-10-83-53-84(54-83,55-83)70-49-82(8,9)34-30-64(70)50-92-39-41-93(42-40-92)66-24-22-63(23-25-66)78(99)90-108(102,103)69-26-27-71(57(2)47-69)88-65(52-107-68-15-12-11-13-16-68)33-38-91-36-31-61(32-37-91)73(96)17-14-43-104-45-46-105-44-35-85-74(97)28-29-75(98)89-77(81(5,6)7)80(101)94-51-67(95)48-72(94)79(100)87-58(3)60-18-20-62(21-19-60)76-59(4)86-56-106-76/h11-13,15-16,18-27,47,56,58,61,65,67,72,77,88,95H,10,14,17,28-46,48-55H2,1-9H3,(H,85,97)(H,87,100)(H,89,98)(H,90,99)/t58-,65+,67+,72-,77+,83?,84?/m0/s1. The van der Waals surface area contributed by atoms with E-state index in [2.05, 4.69) is 78.6 Å². The molecule has 5 aromatic rings. The van der Waals surface area contributed by atoms with Gasteiger partial charge >= 0.3 is 0 Å². The average Bonchev–Trinajstić information content (AvgIpc) is 0.731. The van der Waals surface area contributed by atoms with E-state index in [4.69, 9.17) is 13.9 Å². The number of piperidine rings is 1. The van der Waals surface area contributed by atoms with E-state index in [9.17, 15) is 42.3 Å². The Morgan fingerprint density at radius 1 is 0.806 bits per heavy atom. The molecule has 24 heteroatoms. The number of sulfonamides is 1. The van der Waals surface area contributed by atoms with Gasteiger partial charge in [-0.2, -0.15) is 0 Å². The van der Waals surface area contributed by atoms with E-state index in [-0.39, 0.29) is 73.1 Å². The number of Topliss-reactive ketones (excluding diaryl/α,β-unsaturated/α-hetero) is 1. The van der Waals surface area contributed by atoms with Crippen molar-refractivity contribution in [2.24, 2.45) is 27.6 Å². The zero-order chi connectivity index (χ0) is 77.0. The normalized spacial score (nSPS) is 22.0. The molecule has 12 rings (SSSR count). The van der Waals surface area contributed by atoms with Crippen molar-refractivity contribution in [2.45, 2.75) is 199 Å². The van der Waals surface area contributed by atoms with Gasteiger partial charge in [-0.15, -0.1) is 11.8 Å². The molecule has 5 amide bonds. The summed E-state index contributed by atoms with van der Waals surface area (Å²) < 4.78 is 46.9. The fourth-order valence-corrected chi connectivity index (χ4v) is 18.9. The van der Waals surface area contributed by atoms with Crippen LogP contribution in [0.1, 0.15) is 178 Å². The Balaban J connectivity index is 0.542. The molecule has 4 heterocycles. The number of amides is 5. The number of β-amino-alcohol motifs (C(OH)–C–C–N with tert-alkyl or cyclic N) is 1. The van der Waals surface area contributed by atoms with Gasteiger partial charge in [0.25, 0.3) is 15.9 Å². The van der Waals surface area contributed by atoms with Crippen LogP contribution < -0.4 is 30.9 Å². The second-order valence-corrected chi connectivity index (χ2v) is 36.0. The fourth-order valence-electron chi connectivity index (χ4n) is 16.9. The summed E-state index contributed by atoms with van der Waals surface area (Å²) in [5, 5.41) is 23.0. The number of aryl methyl sites for hydroxylation is 2. The topological polar surface area (TPSA) is 274 Å². The summed E-state index contributed by atoms with van der Waals surface area (Å²) in [6.45, 7) is 27.0. The van der Waals surface area contributed by atoms with Crippen molar-refractivity contribution in [3.05, 3.63) is 137 Å². The van der Waals surface area contributed by atoms with Gasteiger partial charge < -0.3 is 55.0 Å². The van der Waals surface area contributed by atoms with Gasteiger partial charge in [-0.3, -0.25) is 33.7 Å². The average molecular weight is 1520 g/mol. The second-order valence-electron chi connectivity index (χ2n) is 33.2. The van der Waals surface area contributed by atoms with Crippen LogP contribution in [0.15, 0.2) is 129 Å². The molecule has 4 aliphatic carbocycles. The number of hydrogen-bond acceptors (Lipinski definition) is 18. The van der Waals surface area contributed by atoms with Crippen LogP contribution in [0.3, 0.4) is 0 Å². The minimum atomic E-state index is -4.19.